The number of hydrogen-bond acceptors (Lipinski definition) is 4. The first-order chi connectivity index (χ1) is 11.0. The first-order valence-corrected chi connectivity index (χ1v) is 9.92. The minimum atomic E-state index is -3.26. The highest BCUT2D eigenvalue weighted by Gasteiger charge is 2.32. The van der Waals surface area contributed by atoms with Gasteiger partial charge < -0.3 is 11.1 Å². The molecule has 126 valence electrons. The largest absolute Gasteiger partial charge is 0.348 e. The Morgan fingerprint density at radius 2 is 1.74 bits per heavy atom. The van der Waals surface area contributed by atoms with Crippen molar-refractivity contribution >= 4 is 15.7 Å². The van der Waals surface area contributed by atoms with Crippen LogP contribution >= 0.6 is 0 Å². The maximum atomic E-state index is 12.5. The summed E-state index contributed by atoms with van der Waals surface area (Å²) in [5.74, 6) is 0.308. The number of carbonyl (C=O) groups is 1. The summed E-state index contributed by atoms with van der Waals surface area (Å²) in [5, 5.41) is 2.68. The van der Waals surface area contributed by atoms with E-state index in [9.17, 15) is 13.2 Å². The van der Waals surface area contributed by atoms with Crippen LogP contribution in [0, 0.1) is 5.92 Å². The molecular formula is C17H24N2O3S. The third-order valence-electron chi connectivity index (χ3n) is 4.95. The van der Waals surface area contributed by atoms with E-state index in [0.717, 1.165) is 38.5 Å². The summed E-state index contributed by atoms with van der Waals surface area (Å²) in [7, 11) is -3.26. The van der Waals surface area contributed by atoms with Crippen LogP contribution in [-0.2, 0) is 9.84 Å². The van der Waals surface area contributed by atoms with Gasteiger partial charge in [0, 0.05) is 18.2 Å². The second kappa shape index (κ2) is 6.61. The first kappa shape index (κ1) is 16.5. The van der Waals surface area contributed by atoms with Gasteiger partial charge in [-0.15, -0.1) is 0 Å². The van der Waals surface area contributed by atoms with Gasteiger partial charge >= 0.3 is 0 Å². The molecule has 0 bridgehead atoms. The van der Waals surface area contributed by atoms with Crippen LogP contribution in [0.25, 0.3) is 0 Å². The molecule has 0 heterocycles. The molecule has 2 saturated carbocycles. The van der Waals surface area contributed by atoms with Crippen LogP contribution in [0.2, 0.25) is 0 Å². The van der Waals surface area contributed by atoms with Crippen molar-refractivity contribution in [1.82, 2.24) is 5.32 Å². The molecule has 3 rings (SSSR count). The fourth-order valence-corrected chi connectivity index (χ4v) is 5.16. The maximum Gasteiger partial charge on any atom is 0.251 e. The molecule has 0 aromatic heterocycles. The number of rotatable bonds is 6. The van der Waals surface area contributed by atoms with Crippen molar-refractivity contribution in [3.8, 4) is 0 Å². The molecule has 0 radical (unpaired) electrons. The molecule has 1 atom stereocenters. The van der Waals surface area contributed by atoms with Gasteiger partial charge in [0.05, 0.1) is 10.1 Å². The molecule has 5 nitrogen and oxygen atoms in total. The van der Waals surface area contributed by atoms with Crippen LogP contribution in [0.1, 0.15) is 48.9 Å². The van der Waals surface area contributed by atoms with Gasteiger partial charge in [-0.1, -0.05) is 12.8 Å². The predicted molar refractivity (Wildman–Crippen MR) is 88.9 cm³/mol. The Hall–Kier alpha value is -1.40. The second-order valence-electron chi connectivity index (χ2n) is 6.63. The van der Waals surface area contributed by atoms with Gasteiger partial charge in [0.15, 0.2) is 9.84 Å². The van der Waals surface area contributed by atoms with Crippen molar-refractivity contribution in [3.63, 3.8) is 0 Å². The minimum absolute atomic E-state index is 0.0180. The lowest BCUT2D eigenvalue weighted by atomic mass is 10.1. The van der Waals surface area contributed by atoms with E-state index in [1.165, 1.54) is 0 Å². The molecule has 0 saturated heterocycles. The first-order valence-electron chi connectivity index (χ1n) is 8.37. The highest BCUT2D eigenvalue weighted by molar-refractivity contribution is 7.92. The standard InChI is InChI=1S/C17H24N2O3S/c18-11-16(12-5-6-12)19-17(20)13-7-9-15(10-8-13)23(21,22)14-3-1-2-4-14/h7-10,12,14,16H,1-6,11,18H2,(H,19,20). The van der Waals surface area contributed by atoms with E-state index >= 15 is 0 Å². The number of benzene rings is 1. The quantitative estimate of drug-likeness (QED) is 0.830. The van der Waals surface area contributed by atoms with Crippen molar-refractivity contribution in [2.45, 2.75) is 54.7 Å². The number of carbonyl (C=O) groups excluding carboxylic acids is 1. The predicted octanol–water partition coefficient (Wildman–Crippen LogP) is 1.87. The Morgan fingerprint density at radius 1 is 1.13 bits per heavy atom. The summed E-state index contributed by atoms with van der Waals surface area (Å²) in [5.41, 5.74) is 6.18. The van der Waals surface area contributed by atoms with Crippen LogP contribution in [0.4, 0.5) is 0 Å². The molecule has 2 aliphatic rings. The molecule has 23 heavy (non-hydrogen) atoms. The van der Waals surface area contributed by atoms with E-state index in [4.69, 9.17) is 5.73 Å². The van der Waals surface area contributed by atoms with E-state index in [0.29, 0.717) is 22.9 Å². The number of nitrogens with two attached hydrogens (primary N) is 1. The van der Waals surface area contributed by atoms with Crippen LogP contribution in [0.3, 0.4) is 0 Å². The monoisotopic (exact) mass is 336 g/mol. The van der Waals surface area contributed by atoms with Gasteiger partial charge in [0.1, 0.15) is 0 Å². The van der Waals surface area contributed by atoms with Gasteiger partial charge in [0.2, 0.25) is 0 Å². The third-order valence-corrected chi connectivity index (χ3v) is 7.23. The Morgan fingerprint density at radius 3 is 2.26 bits per heavy atom. The van der Waals surface area contributed by atoms with Gasteiger partial charge in [-0.3, -0.25) is 4.79 Å². The molecular weight excluding hydrogens is 312 g/mol. The van der Waals surface area contributed by atoms with Crippen LogP contribution in [-0.4, -0.2) is 32.2 Å². The molecule has 1 unspecified atom stereocenters. The molecule has 3 N–H and O–H groups in total. The summed E-state index contributed by atoms with van der Waals surface area (Å²) >= 11 is 0. The third kappa shape index (κ3) is 3.58. The Kier molecular flexibility index (Phi) is 4.73. The molecule has 1 amide bonds. The van der Waals surface area contributed by atoms with Gasteiger partial charge in [-0.2, -0.15) is 0 Å². The molecule has 6 heteroatoms. The average molecular weight is 336 g/mol. The number of nitrogens with one attached hydrogen (secondary N) is 1. The molecule has 1 aromatic carbocycles. The van der Waals surface area contributed by atoms with Crippen LogP contribution in [0.5, 0.6) is 0 Å². The van der Waals surface area contributed by atoms with Crippen molar-refractivity contribution in [2.24, 2.45) is 11.7 Å². The number of amides is 1. The van der Waals surface area contributed by atoms with E-state index in [-0.39, 0.29) is 17.2 Å². The van der Waals surface area contributed by atoms with E-state index in [2.05, 4.69) is 5.32 Å². The molecule has 1 aromatic rings. The average Bonchev–Trinajstić information content (AvgIpc) is 3.24. The lowest BCUT2D eigenvalue weighted by Crippen LogP contribution is -2.41. The summed E-state index contributed by atoms with van der Waals surface area (Å²) in [6, 6.07) is 6.31. The van der Waals surface area contributed by atoms with E-state index < -0.39 is 9.84 Å². The SMILES string of the molecule is NCC(NC(=O)c1ccc(S(=O)(=O)C2CCCC2)cc1)C1CC1. The lowest BCUT2D eigenvalue weighted by Gasteiger charge is -2.16. The zero-order chi connectivity index (χ0) is 16.4. The van der Waals surface area contributed by atoms with E-state index in [1.807, 2.05) is 0 Å². The smallest absolute Gasteiger partial charge is 0.251 e. The van der Waals surface area contributed by atoms with E-state index in [1.54, 1.807) is 24.3 Å². The Bertz CT molecular complexity index is 660. The van der Waals surface area contributed by atoms with Crippen molar-refractivity contribution in [3.05, 3.63) is 29.8 Å². The fraction of sp³-hybridized carbons (Fsp3) is 0.588. The number of sulfone groups is 1. The fourth-order valence-electron chi connectivity index (χ4n) is 3.31. The van der Waals surface area contributed by atoms with Gasteiger partial charge in [-0.05, 0) is 55.9 Å². The Balaban J connectivity index is 1.70. The van der Waals surface area contributed by atoms with Crippen molar-refractivity contribution in [2.75, 3.05) is 6.54 Å². The number of hydrogen-bond donors (Lipinski definition) is 2. The van der Waals surface area contributed by atoms with Crippen LogP contribution in [0.15, 0.2) is 29.2 Å². The summed E-state index contributed by atoms with van der Waals surface area (Å²) in [6.45, 7) is 0.435. The summed E-state index contributed by atoms with van der Waals surface area (Å²) in [6.07, 6.45) is 5.66. The topological polar surface area (TPSA) is 89.3 Å². The van der Waals surface area contributed by atoms with Crippen molar-refractivity contribution in [1.29, 1.82) is 0 Å². The molecule has 0 aliphatic heterocycles. The zero-order valence-corrected chi connectivity index (χ0v) is 14.0. The van der Waals surface area contributed by atoms with Gasteiger partial charge in [0.25, 0.3) is 5.91 Å². The summed E-state index contributed by atoms with van der Waals surface area (Å²) < 4.78 is 25.0. The van der Waals surface area contributed by atoms with Crippen molar-refractivity contribution < 1.29 is 13.2 Å². The Labute approximate surface area is 137 Å². The normalized spacial score (nSPS) is 20.4. The zero-order valence-electron chi connectivity index (χ0n) is 13.2. The molecule has 2 aliphatic carbocycles. The highest BCUT2D eigenvalue weighted by atomic mass is 32.2. The second-order valence-corrected chi connectivity index (χ2v) is 8.86. The van der Waals surface area contributed by atoms with Gasteiger partial charge in [-0.25, -0.2) is 8.42 Å². The maximum absolute atomic E-state index is 12.5. The highest BCUT2D eigenvalue weighted by Crippen LogP contribution is 2.32. The summed E-state index contributed by atoms with van der Waals surface area (Å²) in [4.78, 5) is 12.6. The minimum Gasteiger partial charge on any atom is -0.348 e. The lowest BCUT2D eigenvalue weighted by molar-refractivity contribution is 0.0933. The van der Waals surface area contributed by atoms with Crippen LogP contribution < -0.4 is 11.1 Å². The molecule has 0 spiro atoms. The molecule has 2 fully saturated rings.